The fraction of sp³-hybridized carbons (Fsp3) is 0.818. The molecule has 2 atom stereocenters. The van der Waals surface area contributed by atoms with E-state index in [1.54, 1.807) is 11.3 Å². The lowest BCUT2D eigenvalue weighted by atomic mass is 10.2. The molecule has 1 N–H and O–H groups in total. The second-order valence-corrected chi connectivity index (χ2v) is 6.35. The van der Waals surface area contributed by atoms with Gasteiger partial charge in [0.25, 0.3) is 0 Å². The summed E-state index contributed by atoms with van der Waals surface area (Å²) in [6, 6.07) is 0.391. The van der Waals surface area contributed by atoms with Gasteiger partial charge in [0.2, 0.25) is 0 Å². The predicted octanol–water partition coefficient (Wildman–Crippen LogP) is 3.17. The molecule has 2 unspecified atom stereocenters. The molecule has 1 aromatic rings. The molecule has 1 aliphatic heterocycles. The predicted molar refractivity (Wildman–Crippen MR) is 71.1 cm³/mol. The van der Waals surface area contributed by atoms with Gasteiger partial charge in [0.1, 0.15) is 10.0 Å². The molecule has 90 valence electrons. The summed E-state index contributed by atoms with van der Waals surface area (Å²) in [5.41, 5.74) is 0. The molecule has 0 amide bonds. The van der Waals surface area contributed by atoms with Gasteiger partial charge in [-0.05, 0) is 31.6 Å². The number of nitrogens with zero attached hydrogens (tertiary/aromatic N) is 2. The second kappa shape index (κ2) is 5.98. The lowest BCUT2D eigenvalue weighted by Crippen LogP contribution is -2.19. The van der Waals surface area contributed by atoms with Crippen LogP contribution < -0.4 is 5.32 Å². The minimum absolute atomic E-state index is 0.391. The average molecular weight is 257 g/mol. The Labute approximate surface area is 105 Å². The van der Waals surface area contributed by atoms with Gasteiger partial charge < -0.3 is 5.32 Å². The van der Waals surface area contributed by atoms with Gasteiger partial charge in [0.05, 0.1) is 11.3 Å². The van der Waals surface area contributed by atoms with Crippen LogP contribution in [0.4, 0.5) is 0 Å². The van der Waals surface area contributed by atoms with Gasteiger partial charge in [-0.25, -0.2) is 0 Å². The van der Waals surface area contributed by atoms with Crippen LogP contribution in [-0.4, -0.2) is 22.5 Å². The molecule has 0 bridgehead atoms. The zero-order valence-corrected chi connectivity index (χ0v) is 11.5. The lowest BCUT2D eigenvalue weighted by Gasteiger charge is -2.11. The first-order chi connectivity index (χ1) is 7.85. The molecule has 2 rings (SSSR count). The van der Waals surface area contributed by atoms with Crippen LogP contribution in [0.3, 0.4) is 0 Å². The molecular weight excluding hydrogens is 238 g/mol. The highest BCUT2D eigenvalue weighted by Gasteiger charge is 2.23. The first-order valence-corrected chi connectivity index (χ1v) is 7.90. The van der Waals surface area contributed by atoms with Crippen LogP contribution in [0.1, 0.15) is 54.4 Å². The summed E-state index contributed by atoms with van der Waals surface area (Å²) in [5, 5.41) is 15.2. The number of rotatable bonds is 5. The van der Waals surface area contributed by atoms with E-state index in [-0.39, 0.29) is 0 Å². The fourth-order valence-corrected chi connectivity index (χ4v) is 4.45. The molecule has 0 spiro atoms. The smallest absolute Gasteiger partial charge is 0.134 e. The Morgan fingerprint density at radius 2 is 2.31 bits per heavy atom. The maximum Gasteiger partial charge on any atom is 0.134 e. The van der Waals surface area contributed by atoms with Crippen molar-refractivity contribution in [2.24, 2.45) is 0 Å². The van der Waals surface area contributed by atoms with Crippen molar-refractivity contribution >= 4 is 23.1 Å². The molecule has 0 saturated carbocycles. The van der Waals surface area contributed by atoms with Crippen molar-refractivity contribution < 1.29 is 0 Å². The summed E-state index contributed by atoms with van der Waals surface area (Å²) in [5.74, 6) is 1.28. The van der Waals surface area contributed by atoms with Gasteiger partial charge >= 0.3 is 0 Å². The SMILES string of the molecule is CCNC(CC)c1nnc(C2CCCS2)s1. The quantitative estimate of drug-likeness (QED) is 0.879. The Morgan fingerprint density at radius 1 is 1.44 bits per heavy atom. The van der Waals surface area contributed by atoms with Crippen molar-refractivity contribution in [2.75, 3.05) is 12.3 Å². The van der Waals surface area contributed by atoms with E-state index in [0.717, 1.165) is 18.0 Å². The van der Waals surface area contributed by atoms with Crippen molar-refractivity contribution in [1.29, 1.82) is 0 Å². The fourth-order valence-electron chi connectivity index (χ4n) is 1.94. The van der Waals surface area contributed by atoms with E-state index in [2.05, 4.69) is 29.4 Å². The Balaban J connectivity index is 2.05. The Hall–Kier alpha value is -0.130. The molecular formula is C11H19N3S2. The topological polar surface area (TPSA) is 37.8 Å². The molecule has 0 aromatic carbocycles. The minimum Gasteiger partial charge on any atom is -0.308 e. The average Bonchev–Trinajstić information content (AvgIpc) is 2.95. The molecule has 5 heteroatoms. The minimum atomic E-state index is 0.391. The van der Waals surface area contributed by atoms with Gasteiger partial charge in [-0.3, -0.25) is 0 Å². The highest BCUT2D eigenvalue weighted by molar-refractivity contribution is 7.99. The van der Waals surface area contributed by atoms with Gasteiger partial charge in [-0.1, -0.05) is 25.2 Å². The van der Waals surface area contributed by atoms with Crippen molar-refractivity contribution in [3.63, 3.8) is 0 Å². The third-order valence-electron chi connectivity index (χ3n) is 2.82. The van der Waals surface area contributed by atoms with Gasteiger partial charge in [-0.2, -0.15) is 11.8 Å². The number of hydrogen-bond donors (Lipinski definition) is 1. The molecule has 0 aliphatic carbocycles. The Kier molecular flexibility index (Phi) is 4.61. The molecule has 1 saturated heterocycles. The normalized spacial score (nSPS) is 22.5. The summed E-state index contributed by atoms with van der Waals surface area (Å²) >= 11 is 3.83. The zero-order valence-electron chi connectivity index (χ0n) is 9.90. The van der Waals surface area contributed by atoms with Gasteiger partial charge in [0, 0.05) is 0 Å². The lowest BCUT2D eigenvalue weighted by molar-refractivity contribution is 0.530. The van der Waals surface area contributed by atoms with Crippen molar-refractivity contribution in [3.8, 4) is 0 Å². The molecule has 3 nitrogen and oxygen atoms in total. The van der Waals surface area contributed by atoms with E-state index in [4.69, 9.17) is 0 Å². The summed E-state index contributed by atoms with van der Waals surface area (Å²) in [6.07, 6.45) is 3.69. The maximum atomic E-state index is 4.36. The highest BCUT2D eigenvalue weighted by Crippen LogP contribution is 2.41. The molecule has 1 aliphatic rings. The Morgan fingerprint density at radius 3 is 2.94 bits per heavy atom. The Bertz CT molecular complexity index is 321. The molecule has 1 aromatic heterocycles. The van der Waals surface area contributed by atoms with E-state index >= 15 is 0 Å². The van der Waals surface area contributed by atoms with Crippen molar-refractivity contribution in [2.45, 2.75) is 44.4 Å². The first kappa shape index (κ1) is 12.3. The van der Waals surface area contributed by atoms with E-state index in [9.17, 15) is 0 Å². The number of nitrogens with one attached hydrogen (secondary N) is 1. The van der Waals surface area contributed by atoms with Crippen LogP contribution in [0.2, 0.25) is 0 Å². The zero-order chi connectivity index (χ0) is 11.4. The van der Waals surface area contributed by atoms with Crippen LogP contribution in [-0.2, 0) is 0 Å². The van der Waals surface area contributed by atoms with Crippen LogP contribution in [0, 0.1) is 0 Å². The van der Waals surface area contributed by atoms with Crippen LogP contribution in [0.15, 0.2) is 0 Å². The van der Waals surface area contributed by atoms with Crippen LogP contribution >= 0.6 is 23.1 Å². The van der Waals surface area contributed by atoms with Crippen molar-refractivity contribution in [3.05, 3.63) is 10.0 Å². The van der Waals surface area contributed by atoms with E-state index in [0.29, 0.717) is 11.3 Å². The van der Waals surface area contributed by atoms with E-state index in [1.165, 1.54) is 23.6 Å². The third-order valence-corrected chi connectivity index (χ3v) is 5.50. The van der Waals surface area contributed by atoms with E-state index < -0.39 is 0 Å². The second-order valence-electron chi connectivity index (χ2n) is 4.00. The van der Waals surface area contributed by atoms with E-state index in [1.807, 2.05) is 11.8 Å². The molecule has 2 heterocycles. The van der Waals surface area contributed by atoms with Crippen LogP contribution in [0.5, 0.6) is 0 Å². The monoisotopic (exact) mass is 257 g/mol. The maximum absolute atomic E-state index is 4.36. The summed E-state index contributed by atoms with van der Waals surface area (Å²) in [4.78, 5) is 0. The number of thioether (sulfide) groups is 1. The molecule has 0 radical (unpaired) electrons. The number of aromatic nitrogens is 2. The van der Waals surface area contributed by atoms with Crippen molar-refractivity contribution in [1.82, 2.24) is 15.5 Å². The highest BCUT2D eigenvalue weighted by atomic mass is 32.2. The summed E-state index contributed by atoms with van der Waals surface area (Å²) in [7, 11) is 0. The van der Waals surface area contributed by atoms with Crippen LogP contribution in [0.25, 0.3) is 0 Å². The summed E-state index contributed by atoms with van der Waals surface area (Å²) in [6.45, 7) is 5.32. The molecule has 1 fully saturated rings. The third kappa shape index (κ3) is 2.76. The summed E-state index contributed by atoms with van der Waals surface area (Å²) < 4.78 is 0. The standard InChI is InChI=1S/C11H19N3S2/c1-3-8(12-4-2)10-13-14-11(16-10)9-6-5-7-15-9/h8-9,12H,3-7H2,1-2H3. The van der Waals surface area contributed by atoms with Gasteiger partial charge in [0.15, 0.2) is 0 Å². The van der Waals surface area contributed by atoms with Gasteiger partial charge in [-0.15, -0.1) is 10.2 Å². The first-order valence-electron chi connectivity index (χ1n) is 6.03. The molecule has 16 heavy (non-hydrogen) atoms. The largest absolute Gasteiger partial charge is 0.308 e. The number of hydrogen-bond acceptors (Lipinski definition) is 5.